The Labute approximate surface area is 119 Å². The highest BCUT2D eigenvalue weighted by Crippen LogP contribution is 2.22. The van der Waals surface area contributed by atoms with Gasteiger partial charge in [-0.2, -0.15) is 0 Å². The van der Waals surface area contributed by atoms with E-state index in [4.69, 9.17) is 0 Å². The molecule has 6 heteroatoms. The van der Waals surface area contributed by atoms with Gasteiger partial charge in [0.15, 0.2) is 16.2 Å². The van der Waals surface area contributed by atoms with Crippen LogP contribution in [0.25, 0.3) is 22.7 Å². The second kappa shape index (κ2) is 5.44. The Kier molecular flexibility index (Phi) is 3.49. The number of aromatic amines is 1. The molecule has 0 radical (unpaired) electrons. The van der Waals surface area contributed by atoms with Gasteiger partial charge in [-0.05, 0) is 23.3 Å². The first-order chi connectivity index (χ1) is 9.78. The van der Waals surface area contributed by atoms with E-state index < -0.39 is 11.2 Å². The summed E-state index contributed by atoms with van der Waals surface area (Å²) in [5.74, 6) is 1.11. The van der Waals surface area contributed by atoms with Crippen molar-refractivity contribution in [3.8, 4) is 11.4 Å². The average molecular weight is 284 g/mol. The molecule has 0 aliphatic rings. The maximum absolute atomic E-state index is 12.0. The Morgan fingerprint density at radius 3 is 2.95 bits per heavy atom. The lowest BCUT2D eigenvalue weighted by Crippen LogP contribution is -2.04. The molecule has 2 aromatic heterocycles. The summed E-state index contributed by atoms with van der Waals surface area (Å²) in [6.07, 6.45) is 4.86. The minimum Gasteiger partial charge on any atom is -0.611 e. The van der Waals surface area contributed by atoms with Crippen molar-refractivity contribution < 1.29 is 4.55 Å². The molecule has 0 amide bonds. The highest BCUT2D eigenvalue weighted by atomic mass is 32.2. The zero-order chi connectivity index (χ0) is 13.9. The maximum atomic E-state index is 12.0. The molecule has 1 atom stereocenters. The fraction of sp³-hybridized carbons (Fsp3) is 0.0714. The number of H-pyrrole nitrogens is 1. The molecule has 1 N–H and O–H groups in total. The van der Waals surface area contributed by atoms with Gasteiger partial charge in [-0.1, -0.05) is 18.7 Å². The Morgan fingerprint density at radius 1 is 1.30 bits per heavy atom. The fourth-order valence-corrected chi connectivity index (χ4v) is 2.77. The zero-order valence-electron chi connectivity index (χ0n) is 10.6. The molecular weight excluding hydrogens is 272 g/mol. The largest absolute Gasteiger partial charge is 0.611 e. The Morgan fingerprint density at radius 2 is 2.15 bits per heavy atom. The van der Waals surface area contributed by atoms with Crippen molar-refractivity contribution in [1.82, 2.24) is 19.9 Å². The van der Waals surface area contributed by atoms with Crippen molar-refractivity contribution in [2.75, 3.05) is 5.75 Å². The summed E-state index contributed by atoms with van der Waals surface area (Å²) in [4.78, 5) is 16.5. The van der Waals surface area contributed by atoms with Crippen LogP contribution in [0.3, 0.4) is 0 Å². The van der Waals surface area contributed by atoms with Crippen LogP contribution in [-0.2, 0) is 11.2 Å². The lowest BCUT2D eigenvalue weighted by molar-refractivity contribution is 0.598. The molecule has 3 aromatic rings. The van der Waals surface area contributed by atoms with E-state index in [0.29, 0.717) is 22.9 Å². The monoisotopic (exact) mass is 284 g/mol. The van der Waals surface area contributed by atoms with Gasteiger partial charge in [-0.15, -0.1) is 0 Å². The van der Waals surface area contributed by atoms with Gasteiger partial charge in [0.1, 0.15) is 11.6 Å². The molecule has 0 saturated heterocycles. The number of benzene rings is 1. The first-order valence-corrected chi connectivity index (χ1v) is 7.36. The molecule has 0 fully saturated rings. The summed E-state index contributed by atoms with van der Waals surface area (Å²) in [6.45, 7) is 3.61. The van der Waals surface area contributed by atoms with Crippen LogP contribution < -0.4 is 0 Å². The zero-order valence-corrected chi connectivity index (χ0v) is 11.4. The van der Waals surface area contributed by atoms with E-state index in [0.717, 1.165) is 10.5 Å². The molecule has 5 nitrogen and oxygen atoms in total. The summed E-state index contributed by atoms with van der Waals surface area (Å²) >= 11 is -1.08. The van der Waals surface area contributed by atoms with E-state index in [1.54, 1.807) is 18.5 Å². The van der Waals surface area contributed by atoms with Gasteiger partial charge in [0.05, 0.1) is 0 Å². The summed E-state index contributed by atoms with van der Waals surface area (Å²) < 4.78 is 12.0. The minimum atomic E-state index is -1.08. The van der Waals surface area contributed by atoms with E-state index in [1.807, 2.05) is 24.3 Å². The van der Waals surface area contributed by atoms with E-state index in [1.165, 1.54) is 0 Å². The second-order valence-corrected chi connectivity index (χ2v) is 5.64. The third-order valence-electron chi connectivity index (χ3n) is 2.77. The molecule has 2 heterocycles. The summed E-state index contributed by atoms with van der Waals surface area (Å²) in [7, 11) is 0. The molecule has 0 saturated carbocycles. The number of hydrogen-bond acceptors (Lipinski definition) is 4. The van der Waals surface area contributed by atoms with E-state index in [-0.39, 0.29) is 0 Å². The van der Waals surface area contributed by atoms with Crippen molar-refractivity contribution in [3.63, 3.8) is 0 Å². The Hall–Kier alpha value is -2.18. The number of rotatable bonds is 4. The van der Waals surface area contributed by atoms with Gasteiger partial charge in [0.25, 0.3) is 0 Å². The molecule has 20 heavy (non-hydrogen) atoms. The van der Waals surface area contributed by atoms with E-state index >= 15 is 0 Å². The fourth-order valence-electron chi connectivity index (χ4n) is 1.87. The number of imidazole rings is 1. The summed E-state index contributed by atoms with van der Waals surface area (Å²) in [5, 5.41) is 0. The highest BCUT2D eigenvalue weighted by Gasteiger charge is 2.12. The van der Waals surface area contributed by atoms with E-state index in [2.05, 4.69) is 26.5 Å². The molecule has 3 rings (SSSR count). The normalized spacial score (nSPS) is 12.4. The molecular formula is C14H12N4OS. The topological polar surface area (TPSA) is 77.5 Å². The summed E-state index contributed by atoms with van der Waals surface area (Å²) in [5.41, 5.74) is 2.07. The molecule has 1 aromatic carbocycles. The molecule has 0 spiro atoms. The lowest BCUT2D eigenvalue weighted by atomic mass is 10.2. The number of nitrogens with one attached hydrogen (secondary N) is 1. The average Bonchev–Trinajstić information content (AvgIpc) is 2.91. The number of hydrogen-bond donors (Lipinski definition) is 1. The van der Waals surface area contributed by atoms with Crippen LogP contribution in [0.1, 0.15) is 0 Å². The van der Waals surface area contributed by atoms with Crippen LogP contribution >= 0.6 is 0 Å². The molecule has 0 aliphatic carbocycles. The highest BCUT2D eigenvalue weighted by molar-refractivity contribution is 7.91. The van der Waals surface area contributed by atoms with Gasteiger partial charge in [-0.25, -0.2) is 15.0 Å². The van der Waals surface area contributed by atoms with Gasteiger partial charge in [0.2, 0.25) is 0 Å². The van der Waals surface area contributed by atoms with Crippen LogP contribution in [0, 0.1) is 0 Å². The minimum absolute atomic E-state index is 0.437. The van der Waals surface area contributed by atoms with Gasteiger partial charge in [0, 0.05) is 24.0 Å². The summed E-state index contributed by atoms with van der Waals surface area (Å²) in [6, 6.07) is 7.46. The smallest absolute Gasteiger partial charge is 0.197 e. The Balaban J connectivity index is 2.01. The van der Waals surface area contributed by atoms with Gasteiger partial charge < -0.3 is 9.54 Å². The van der Waals surface area contributed by atoms with Crippen molar-refractivity contribution in [2.45, 2.75) is 4.90 Å². The molecule has 0 bridgehead atoms. The Bertz CT molecular complexity index is 723. The van der Waals surface area contributed by atoms with Crippen molar-refractivity contribution in [2.24, 2.45) is 0 Å². The quantitative estimate of drug-likeness (QED) is 0.589. The predicted octanol–water partition coefficient (Wildman–Crippen LogP) is 2.31. The SMILES string of the molecule is C=CC[S+]([O-])c1cccc(-c2nc3nccnc3[nH]2)c1. The van der Waals surface area contributed by atoms with Gasteiger partial charge >= 0.3 is 0 Å². The second-order valence-electron chi connectivity index (χ2n) is 4.14. The third-order valence-corrected chi connectivity index (χ3v) is 4.09. The van der Waals surface area contributed by atoms with Crippen LogP contribution in [0.15, 0.2) is 54.2 Å². The standard InChI is InChI=1S/C14H12N4OS/c1-2-8-20(19)11-5-3-4-10(9-11)12-17-13-14(18-12)16-7-6-15-13/h2-7,9H,1,8H2,(H,15,16,17,18). The molecule has 1 unspecified atom stereocenters. The van der Waals surface area contributed by atoms with Crippen molar-refractivity contribution >= 4 is 22.5 Å². The van der Waals surface area contributed by atoms with Crippen LogP contribution in [0.4, 0.5) is 0 Å². The molecule has 0 aliphatic heterocycles. The van der Waals surface area contributed by atoms with E-state index in [9.17, 15) is 4.55 Å². The number of nitrogens with zero attached hydrogens (tertiary/aromatic N) is 3. The predicted molar refractivity (Wildman–Crippen MR) is 78.6 cm³/mol. The number of fused-ring (bicyclic) bond motifs is 1. The third kappa shape index (κ3) is 2.43. The van der Waals surface area contributed by atoms with Crippen molar-refractivity contribution in [3.05, 3.63) is 49.3 Å². The van der Waals surface area contributed by atoms with Gasteiger partial charge in [-0.3, -0.25) is 0 Å². The first-order valence-electron chi connectivity index (χ1n) is 6.04. The maximum Gasteiger partial charge on any atom is 0.197 e. The van der Waals surface area contributed by atoms with Crippen LogP contribution in [0.5, 0.6) is 0 Å². The van der Waals surface area contributed by atoms with Crippen LogP contribution in [0.2, 0.25) is 0 Å². The van der Waals surface area contributed by atoms with Crippen LogP contribution in [-0.4, -0.2) is 30.2 Å². The lowest BCUT2D eigenvalue weighted by Gasteiger charge is -2.08. The van der Waals surface area contributed by atoms with Crippen molar-refractivity contribution in [1.29, 1.82) is 0 Å². The number of aromatic nitrogens is 4. The first kappa shape index (κ1) is 12.8. The molecule has 100 valence electrons.